The molecule has 0 unspecified atom stereocenters. The summed E-state index contributed by atoms with van der Waals surface area (Å²) in [5.74, 6) is 0. The van der Waals surface area contributed by atoms with Crippen molar-refractivity contribution < 1.29 is 13.2 Å². The second kappa shape index (κ2) is 5.78. The van der Waals surface area contributed by atoms with Crippen LogP contribution >= 0.6 is 15.9 Å². The summed E-state index contributed by atoms with van der Waals surface area (Å²) >= 11 is 3.27. The Balaban J connectivity index is 1.76. The van der Waals surface area contributed by atoms with Crippen molar-refractivity contribution in [3.05, 3.63) is 28.2 Å². The van der Waals surface area contributed by atoms with E-state index in [1.54, 1.807) is 6.07 Å². The molecule has 1 aromatic carbocycles. The van der Waals surface area contributed by atoms with E-state index in [0.717, 1.165) is 32.2 Å². The molecule has 0 atom stereocenters. The van der Waals surface area contributed by atoms with Gasteiger partial charge >= 0.3 is 6.18 Å². The van der Waals surface area contributed by atoms with Gasteiger partial charge in [-0.2, -0.15) is 13.2 Å². The largest absolute Gasteiger partial charge is 0.418 e. The van der Waals surface area contributed by atoms with Crippen molar-refractivity contribution in [1.29, 1.82) is 0 Å². The van der Waals surface area contributed by atoms with Crippen LogP contribution in [0.15, 0.2) is 22.7 Å². The molecule has 2 saturated heterocycles. The lowest BCUT2D eigenvalue weighted by Crippen LogP contribution is -2.61. The van der Waals surface area contributed by atoms with Gasteiger partial charge in [0.2, 0.25) is 0 Å². The van der Waals surface area contributed by atoms with Crippen LogP contribution in [0.2, 0.25) is 0 Å². The van der Waals surface area contributed by atoms with Crippen LogP contribution < -0.4 is 10.2 Å². The van der Waals surface area contributed by atoms with Crippen molar-refractivity contribution in [3.8, 4) is 0 Å². The molecule has 7 heteroatoms. The first-order valence-corrected chi connectivity index (χ1v) is 7.81. The van der Waals surface area contributed by atoms with E-state index in [1.807, 2.05) is 4.90 Å². The average molecular weight is 364 g/mol. The summed E-state index contributed by atoms with van der Waals surface area (Å²) < 4.78 is 40.1. The Bertz CT molecular complexity index is 509. The first-order valence-electron chi connectivity index (χ1n) is 7.01. The van der Waals surface area contributed by atoms with Gasteiger partial charge in [-0.1, -0.05) is 15.9 Å². The van der Waals surface area contributed by atoms with Crippen molar-refractivity contribution in [2.24, 2.45) is 0 Å². The van der Waals surface area contributed by atoms with Gasteiger partial charge in [0, 0.05) is 49.8 Å². The Morgan fingerprint density at radius 2 is 1.76 bits per heavy atom. The summed E-state index contributed by atoms with van der Waals surface area (Å²) in [4.78, 5) is 4.20. The topological polar surface area (TPSA) is 18.5 Å². The van der Waals surface area contributed by atoms with Crippen molar-refractivity contribution in [1.82, 2.24) is 10.2 Å². The number of halogens is 4. The van der Waals surface area contributed by atoms with Crippen LogP contribution in [-0.4, -0.2) is 50.2 Å². The number of benzene rings is 1. The van der Waals surface area contributed by atoms with E-state index in [2.05, 4.69) is 26.1 Å². The average Bonchev–Trinajstić information content (AvgIpc) is 2.36. The summed E-state index contributed by atoms with van der Waals surface area (Å²) in [7, 11) is 0. The highest BCUT2D eigenvalue weighted by molar-refractivity contribution is 9.10. The van der Waals surface area contributed by atoms with Crippen LogP contribution in [0.5, 0.6) is 0 Å². The van der Waals surface area contributed by atoms with Crippen LogP contribution in [-0.2, 0) is 6.18 Å². The number of piperazine rings is 1. The molecule has 0 aliphatic carbocycles. The Morgan fingerprint density at radius 1 is 1.10 bits per heavy atom. The van der Waals surface area contributed by atoms with Gasteiger partial charge in [-0.25, -0.2) is 0 Å². The third-order valence-electron chi connectivity index (χ3n) is 4.20. The van der Waals surface area contributed by atoms with E-state index in [-0.39, 0.29) is 5.69 Å². The third kappa shape index (κ3) is 3.19. The van der Waals surface area contributed by atoms with Crippen molar-refractivity contribution in [2.45, 2.75) is 12.2 Å². The third-order valence-corrected chi connectivity index (χ3v) is 4.69. The summed E-state index contributed by atoms with van der Waals surface area (Å²) in [6.45, 7) is 4.88. The Morgan fingerprint density at radius 3 is 2.29 bits per heavy atom. The van der Waals surface area contributed by atoms with Crippen LogP contribution in [0.25, 0.3) is 0 Å². The summed E-state index contributed by atoms with van der Waals surface area (Å²) in [5.41, 5.74) is -0.271. The fourth-order valence-corrected chi connectivity index (χ4v) is 3.21. The molecule has 0 amide bonds. The Kier molecular flexibility index (Phi) is 4.16. The van der Waals surface area contributed by atoms with Gasteiger partial charge < -0.3 is 10.2 Å². The molecule has 2 aliphatic rings. The number of rotatable bonds is 2. The predicted molar refractivity (Wildman–Crippen MR) is 79.6 cm³/mol. The highest BCUT2D eigenvalue weighted by Crippen LogP contribution is 2.38. The van der Waals surface area contributed by atoms with Gasteiger partial charge in [0.25, 0.3) is 0 Å². The molecule has 3 rings (SSSR count). The molecule has 0 bridgehead atoms. The van der Waals surface area contributed by atoms with Crippen molar-refractivity contribution in [2.75, 3.05) is 44.2 Å². The molecule has 1 aromatic rings. The molecule has 0 aromatic heterocycles. The fraction of sp³-hybridized carbons (Fsp3) is 0.571. The number of nitrogens with zero attached hydrogens (tertiary/aromatic N) is 2. The lowest BCUT2D eigenvalue weighted by atomic mass is 10.1. The van der Waals surface area contributed by atoms with E-state index >= 15 is 0 Å². The summed E-state index contributed by atoms with van der Waals surface area (Å²) in [6, 6.07) is 4.73. The first-order chi connectivity index (χ1) is 9.95. The molecule has 2 fully saturated rings. The predicted octanol–water partition coefficient (Wildman–Crippen LogP) is 2.56. The van der Waals surface area contributed by atoms with Gasteiger partial charge in [-0.05, 0) is 18.2 Å². The van der Waals surface area contributed by atoms with Crippen LogP contribution in [0.3, 0.4) is 0 Å². The summed E-state index contributed by atoms with van der Waals surface area (Å²) in [6.07, 6.45) is -4.31. The molecule has 2 heterocycles. The van der Waals surface area contributed by atoms with E-state index in [1.165, 1.54) is 6.07 Å². The lowest BCUT2D eigenvalue weighted by molar-refractivity contribution is -0.137. The normalized spacial score (nSPS) is 21.4. The molecule has 1 N–H and O–H groups in total. The second-order valence-electron chi connectivity index (χ2n) is 5.49. The summed E-state index contributed by atoms with van der Waals surface area (Å²) in [5, 5.41) is 3.23. The molecule has 2 aliphatic heterocycles. The minimum atomic E-state index is -4.31. The first kappa shape index (κ1) is 15.1. The van der Waals surface area contributed by atoms with E-state index in [9.17, 15) is 13.2 Å². The molecule has 3 nitrogen and oxygen atoms in total. The number of hydrogen-bond acceptors (Lipinski definition) is 3. The van der Waals surface area contributed by atoms with E-state index < -0.39 is 11.7 Å². The fourth-order valence-electron chi connectivity index (χ4n) is 2.87. The van der Waals surface area contributed by atoms with Gasteiger partial charge in [0.05, 0.1) is 11.3 Å². The number of hydrogen-bond donors (Lipinski definition) is 1. The van der Waals surface area contributed by atoms with Gasteiger partial charge in [0.1, 0.15) is 0 Å². The monoisotopic (exact) mass is 363 g/mol. The highest BCUT2D eigenvalue weighted by Gasteiger charge is 2.36. The maximum absolute atomic E-state index is 13.1. The Hall–Kier alpha value is -0.790. The zero-order chi connectivity index (χ0) is 15.0. The Labute approximate surface area is 130 Å². The lowest BCUT2D eigenvalue weighted by Gasteiger charge is -2.44. The molecule has 0 saturated carbocycles. The van der Waals surface area contributed by atoms with Crippen LogP contribution in [0.4, 0.5) is 18.9 Å². The zero-order valence-corrected chi connectivity index (χ0v) is 13.0. The molecule has 0 spiro atoms. The minimum Gasteiger partial charge on any atom is -0.368 e. The maximum Gasteiger partial charge on any atom is 0.418 e. The van der Waals surface area contributed by atoms with Gasteiger partial charge in [0.15, 0.2) is 0 Å². The number of anilines is 1. The van der Waals surface area contributed by atoms with E-state index in [4.69, 9.17) is 0 Å². The van der Waals surface area contributed by atoms with Gasteiger partial charge in [-0.3, -0.25) is 4.90 Å². The van der Waals surface area contributed by atoms with Crippen molar-refractivity contribution >= 4 is 21.6 Å². The molecular weight excluding hydrogens is 347 g/mol. The zero-order valence-electron chi connectivity index (χ0n) is 11.5. The number of alkyl halides is 3. The second-order valence-corrected chi connectivity index (χ2v) is 6.41. The SMILES string of the molecule is FC(F)(F)c1ccc(Br)cc1N1CCN(C2CNC2)CC1. The smallest absolute Gasteiger partial charge is 0.368 e. The quantitative estimate of drug-likeness (QED) is 0.871. The standard InChI is InChI=1S/C14H17BrF3N3/c15-10-1-2-12(14(16,17)18)13(7-10)21-5-3-20(4-6-21)11-8-19-9-11/h1-2,7,11,19H,3-6,8-9H2. The molecule has 116 valence electrons. The molecule has 21 heavy (non-hydrogen) atoms. The van der Waals surface area contributed by atoms with Crippen LogP contribution in [0, 0.1) is 0 Å². The van der Waals surface area contributed by atoms with E-state index in [0.29, 0.717) is 23.6 Å². The maximum atomic E-state index is 13.1. The number of nitrogens with one attached hydrogen (secondary N) is 1. The molecular formula is C14H17BrF3N3. The molecule has 0 radical (unpaired) electrons. The van der Waals surface area contributed by atoms with Crippen LogP contribution in [0.1, 0.15) is 5.56 Å². The van der Waals surface area contributed by atoms with Gasteiger partial charge in [-0.15, -0.1) is 0 Å². The van der Waals surface area contributed by atoms with Crippen molar-refractivity contribution in [3.63, 3.8) is 0 Å². The minimum absolute atomic E-state index is 0.281. The highest BCUT2D eigenvalue weighted by atomic mass is 79.9.